The van der Waals surface area contributed by atoms with Gasteiger partial charge >= 0.3 is 0 Å². The zero-order valence-corrected chi connectivity index (χ0v) is 37.7. The zero-order valence-electron chi connectivity index (χ0n) is 37.7. The summed E-state index contributed by atoms with van der Waals surface area (Å²) in [5.74, 6) is 0. The molecule has 0 fully saturated rings. The molecule has 0 aliphatic heterocycles. The highest BCUT2D eigenvalue weighted by atomic mass is 16.6. The molecule has 9 heteroatoms. The lowest BCUT2D eigenvalue weighted by molar-refractivity contribution is -0.524. The maximum atomic E-state index is 10.9. The Morgan fingerprint density at radius 2 is 0.527 bits per heavy atom. The van der Waals surface area contributed by atoms with Gasteiger partial charge in [0.05, 0.1) is 0 Å². The summed E-state index contributed by atoms with van der Waals surface area (Å²) in [6.45, 7) is 12.5. The van der Waals surface area contributed by atoms with Crippen molar-refractivity contribution in [3.63, 3.8) is 0 Å². The Hall–Kier alpha value is -1.80. The van der Waals surface area contributed by atoms with Gasteiger partial charge in [-0.3, -0.25) is 30.3 Å². The Balaban J connectivity index is -0.000000745. The van der Waals surface area contributed by atoms with Crippen LogP contribution in [0.3, 0.4) is 0 Å². The van der Waals surface area contributed by atoms with Crippen LogP contribution in [0.15, 0.2) is 0 Å². The molecule has 0 heterocycles. The lowest BCUT2D eigenvalue weighted by Crippen LogP contribution is -2.19. The van der Waals surface area contributed by atoms with E-state index in [1.54, 1.807) is 6.92 Å². The molecule has 0 N–H and O–H groups in total. The number of nitro groups is 3. The first-order valence-electron chi connectivity index (χ1n) is 24.0. The minimum absolute atomic E-state index is 0.0559. The molecular weight excluding hydrogens is 691 g/mol. The van der Waals surface area contributed by atoms with E-state index < -0.39 is 0 Å². The molecule has 0 aromatic heterocycles. The van der Waals surface area contributed by atoms with Gasteiger partial charge in [-0.1, -0.05) is 214 Å². The lowest BCUT2D eigenvalue weighted by Gasteiger charge is -2.09. The van der Waals surface area contributed by atoms with Gasteiger partial charge in [-0.15, -0.1) is 0 Å². The maximum absolute atomic E-state index is 10.9. The van der Waals surface area contributed by atoms with Crippen LogP contribution in [0.25, 0.3) is 0 Å². The minimum Gasteiger partial charge on any atom is -0.264 e. The normalized spacial score (nSPS) is 12.1. The van der Waals surface area contributed by atoms with Gasteiger partial charge in [0.25, 0.3) is 0 Å². The van der Waals surface area contributed by atoms with E-state index in [1.165, 1.54) is 154 Å². The molecule has 0 aliphatic rings. The molecule has 0 aliphatic carbocycles. The van der Waals surface area contributed by atoms with E-state index in [0.29, 0.717) is 6.42 Å². The van der Waals surface area contributed by atoms with Gasteiger partial charge in [-0.2, -0.15) is 0 Å². The number of rotatable bonds is 40. The summed E-state index contributed by atoms with van der Waals surface area (Å²) in [5, 5.41) is 32.0. The summed E-state index contributed by atoms with van der Waals surface area (Å²) < 4.78 is 0. The van der Waals surface area contributed by atoms with Crippen molar-refractivity contribution in [2.75, 3.05) is 0 Å². The summed E-state index contributed by atoms with van der Waals surface area (Å²) in [7, 11) is 0. The van der Waals surface area contributed by atoms with Crippen molar-refractivity contribution in [3.8, 4) is 0 Å². The average molecular weight is 786 g/mol. The van der Waals surface area contributed by atoms with Gasteiger partial charge in [-0.05, 0) is 25.7 Å². The number of unbranched alkanes of at least 4 members (excludes halogenated alkanes) is 28. The Kier molecular flexibility index (Phi) is 50.6. The van der Waals surface area contributed by atoms with Crippen LogP contribution in [0.2, 0.25) is 0 Å². The molecule has 0 bridgehead atoms. The molecule has 9 nitrogen and oxygen atoms in total. The number of hydrogen-bond acceptors (Lipinski definition) is 6. The van der Waals surface area contributed by atoms with Gasteiger partial charge in [-0.25, -0.2) is 0 Å². The molecule has 2 unspecified atom stereocenters. The molecule has 0 amide bonds. The first kappa shape index (κ1) is 57.5. The highest BCUT2D eigenvalue weighted by molar-refractivity contribution is 4.59. The molecule has 0 rings (SSSR count). The molecule has 0 saturated heterocycles. The predicted molar refractivity (Wildman–Crippen MR) is 237 cm³/mol. The first-order chi connectivity index (χ1) is 26.6. The van der Waals surface area contributed by atoms with E-state index in [2.05, 4.69) is 27.7 Å². The molecule has 0 radical (unpaired) electrons. The monoisotopic (exact) mass is 786 g/mol. The quantitative estimate of drug-likeness (QED) is 0.0345. The summed E-state index contributed by atoms with van der Waals surface area (Å²) in [6.07, 6.45) is 44.3. The molecule has 0 saturated carbocycles. The summed E-state index contributed by atoms with van der Waals surface area (Å²) in [4.78, 5) is 31.6. The molecule has 0 aromatic rings. The summed E-state index contributed by atoms with van der Waals surface area (Å²) >= 11 is 0. The SMILES string of the molecule is CCCCCCCC(CCCCCCC)[N+](=O)[O-].CCCCCCCCCCC(CC)[N+](=O)[O-].CCCCCCCCCCCCCCCCC(C)[N+](=O)[O-]. The third kappa shape index (κ3) is 48.3. The average Bonchev–Trinajstić information content (AvgIpc) is 3.16. The van der Waals surface area contributed by atoms with E-state index >= 15 is 0 Å². The van der Waals surface area contributed by atoms with Crippen LogP contribution in [-0.2, 0) is 0 Å². The Labute approximate surface area is 341 Å². The second-order valence-electron chi connectivity index (χ2n) is 16.5. The highest BCUT2D eigenvalue weighted by Crippen LogP contribution is 2.17. The van der Waals surface area contributed by atoms with Crippen molar-refractivity contribution in [2.24, 2.45) is 0 Å². The largest absolute Gasteiger partial charge is 0.264 e. The fourth-order valence-electron chi connectivity index (χ4n) is 7.03. The molecule has 0 spiro atoms. The van der Waals surface area contributed by atoms with Crippen LogP contribution in [0.1, 0.15) is 279 Å². The van der Waals surface area contributed by atoms with Gasteiger partial charge in [0.15, 0.2) is 0 Å². The van der Waals surface area contributed by atoms with Gasteiger partial charge in [0.2, 0.25) is 18.1 Å². The molecule has 0 aromatic carbocycles. The van der Waals surface area contributed by atoms with E-state index in [9.17, 15) is 30.3 Å². The summed E-state index contributed by atoms with van der Waals surface area (Å²) in [6, 6.07) is -0.948. The molecular formula is C46H95N3O6. The standard InChI is InChI=1S/C18H37NO2.C15H31NO2.C13H27NO2/c1-3-4-5-6-7-8-9-10-11-12-13-14-15-16-17-18(2)19(20)21;1-3-5-7-9-11-13-15(16(17)18)14-12-10-8-6-4-2;1-3-5-6-7-8-9-10-11-12-13(4-2)14(15)16/h18H,3-17H2,1-2H3;15H,3-14H2,1-2H3;13H,3-12H2,1-2H3. The predicted octanol–water partition coefficient (Wildman–Crippen LogP) is 16.4. The minimum atomic E-state index is -0.359. The number of nitrogens with zero attached hydrogens (tertiary/aromatic N) is 3. The van der Waals surface area contributed by atoms with E-state index in [1.807, 2.05) is 6.92 Å². The lowest BCUT2D eigenvalue weighted by atomic mass is 10.0. The van der Waals surface area contributed by atoms with Crippen molar-refractivity contribution in [2.45, 2.75) is 297 Å². The zero-order chi connectivity index (χ0) is 41.6. The Bertz CT molecular complexity index is 786. The van der Waals surface area contributed by atoms with Crippen LogP contribution >= 0.6 is 0 Å². The van der Waals surface area contributed by atoms with Gasteiger partial charge < -0.3 is 0 Å². The highest BCUT2D eigenvalue weighted by Gasteiger charge is 2.18. The number of hydrogen-bond donors (Lipinski definition) is 0. The van der Waals surface area contributed by atoms with Crippen LogP contribution in [-0.4, -0.2) is 32.9 Å². The van der Waals surface area contributed by atoms with Crippen LogP contribution in [0.4, 0.5) is 0 Å². The second kappa shape index (κ2) is 48.3. The van der Waals surface area contributed by atoms with Crippen molar-refractivity contribution >= 4 is 0 Å². The van der Waals surface area contributed by atoms with E-state index in [0.717, 1.165) is 77.0 Å². The van der Waals surface area contributed by atoms with Crippen molar-refractivity contribution in [1.82, 2.24) is 0 Å². The molecule has 330 valence electrons. The Morgan fingerprint density at radius 1 is 0.309 bits per heavy atom. The van der Waals surface area contributed by atoms with Crippen molar-refractivity contribution < 1.29 is 14.8 Å². The third-order valence-corrected chi connectivity index (χ3v) is 11.1. The molecule has 2 atom stereocenters. The Morgan fingerprint density at radius 3 is 0.745 bits per heavy atom. The van der Waals surface area contributed by atoms with Crippen LogP contribution in [0, 0.1) is 30.3 Å². The maximum Gasteiger partial charge on any atom is 0.213 e. The summed E-state index contributed by atoms with van der Waals surface area (Å²) in [5.41, 5.74) is 0. The smallest absolute Gasteiger partial charge is 0.213 e. The van der Waals surface area contributed by atoms with Crippen molar-refractivity contribution in [1.29, 1.82) is 0 Å². The van der Waals surface area contributed by atoms with Crippen molar-refractivity contribution in [3.05, 3.63) is 30.3 Å². The van der Waals surface area contributed by atoms with Gasteiger partial charge in [0, 0.05) is 53.8 Å². The van der Waals surface area contributed by atoms with Crippen LogP contribution < -0.4 is 0 Å². The van der Waals surface area contributed by atoms with Crippen LogP contribution in [0.5, 0.6) is 0 Å². The van der Waals surface area contributed by atoms with Gasteiger partial charge in [0.1, 0.15) is 0 Å². The molecule has 55 heavy (non-hydrogen) atoms. The topological polar surface area (TPSA) is 129 Å². The fourth-order valence-corrected chi connectivity index (χ4v) is 7.03. The fraction of sp³-hybridized carbons (Fsp3) is 1.00. The van der Waals surface area contributed by atoms with E-state index in [-0.39, 0.29) is 32.9 Å². The third-order valence-electron chi connectivity index (χ3n) is 11.1. The first-order valence-corrected chi connectivity index (χ1v) is 24.0. The van der Waals surface area contributed by atoms with E-state index in [4.69, 9.17) is 0 Å². The second-order valence-corrected chi connectivity index (χ2v) is 16.5.